The van der Waals surface area contributed by atoms with E-state index in [1.165, 1.54) is 0 Å². The summed E-state index contributed by atoms with van der Waals surface area (Å²) in [6.45, 7) is 6.58. The second kappa shape index (κ2) is 7.13. The molecular formula is C18H24N4O2. The monoisotopic (exact) mass is 328 g/mol. The van der Waals surface area contributed by atoms with Gasteiger partial charge in [-0.3, -0.25) is 14.9 Å². The molecule has 0 saturated carbocycles. The fraction of sp³-hybridized carbons (Fsp3) is 0.500. The fourth-order valence-electron chi connectivity index (χ4n) is 3.16. The van der Waals surface area contributed by atoms with E-state index in [0.29, 0.717) is 18.7 Å². The quantitative estimate of drug-likeness (QED) is 0.827. The van der Waals surface area contributed by atoms with Crippen molar-refractivity contribution in [3.8, 4) is 0 Å². The molecule has 6 heteroatoms. The minimum Gasteiger partial charge on any atom is -0.369 e. The van der Waals surface area contributed by atoms with Gasteiger partial charge in [-0.25, -0.2) is 0 Å². The topological polar surface area (TPSA) is 79.9 Å². The predicted molar refractivity (Wildman–Crippen MR) is 90.9 cm³/mol. The molecular weight excluding hydrogens is 304 g/mol. The van der Waals surface area contributed by atoms with E-state index in [4.69, 9.17) is 4.74 Å². The van der Waals surface area contributed by atoms with Crippen LogP contribution in [0.25, 0.3) is 0 Å². The standard InChI is InChI=1S/C18H24N4O2/c1-11-6-4-7-14(20-11)8-5-9-19-18(23)17-15-10-12(2)24-13(3)16(15)21-22-17/h4,6-7,12-13H,5,8-10H2,1-3H3,(H,19,23)(H,21,22)/t12-,13+/m1/s1. The van der Waals surface area contributed by atoms with Crippen molar-refractivity contribution in [3.05, 3.63) is 46.5 Å². The number of fused-ring (bicyclic) bond motifs is 1. The Bertz CT molecular complexity index is 726. The molecule has 2 aromatic heterocycles. The lowest BCUT2D eigenvalue weighted by Gasteiger charge is -2.25. The Labute approximate surface area is 142 Å². The number of aryl methyl sites for hydroxylation is 2. The molecule has 6 nitrogen and oxygen atoms in total. The summed E-state index contributed by atoms with van der Waals surface area (Å²) < 4.78 is 5.75. The number of hydrogen-bond donors (Lipinski definition) is 2. The van der Waals surface area contributed by atoms with Gasteiger partial charge in [0.1, 0.15) is 0 Å². The van der Waals surface area contributed by atoms with Gasteiger partial charge in [-0.1, -0.05) is 6.07 Å². The lowest BCUT2D eigenvalue weighted by atomic mass is 9.99. The number of pyridine rings is 1. The van der Waals surface area contributed by atoms with Crippen LogP contribution in [0.1, 0.15) is 59.5 Å². The van der Waals surface area contributed by atoms with Gasteiger partial charge in [-0.2, -0.15) is 5.10 Å². The van der Waals surface area contributed by atoms with Gasteiger partial charge in [0, 0.05) is 29.9 Å². The summed E-state index contributed by atoms with van der Waals surface area (Å²) in [6.07, 6.45) is 2.47. The molecule has 0 fully saturated rings. The summed E-state index contributed by atoms with van der Waals surface area (Å²) in [6, 6.07) is 6.01. The van der Waals surface area contributed by atoms with Gasteiger partial charge in [0.05, 0.1) is 17.9 Å². The summed E-state index contributed by atoms with van der Waals surface area (Å²) in [5.74, 6) is -0.119. The molecule has 0 aromatic carbocycles. The van der Waals surface area contributed by atoms with E-state index in [0.717, 1.165) is 35.5 Å². The molecule has 2 N–H and O–H groups in total. The second-order valence-corrected chi connectivity index (χ2v) is 6.39. The lowest BCUT2D eigenvalue weighted by molar-refractivity contribution is -0.00697. The summed E-state index contributed by atoms with van der Waals surface area (Å²) in [7, 11) is 0. The van der Waals surface area contributed by atoms with E-state index >= 15 is 0 Å². The average molecular weight is 328 g/mol. The Hall–Kier alpha value is -2.21. The van der Waals surface area contributed by atoms with Crippen LogP contribution in [-0.4, -0.2) is 33.7 Å². The number of amides is 1. The molecule has 0 unspecified atom stereocenters. The molecule has 1 amide bonds. The number of nitrogens with one attached hydrogen (secondary N) is 2. The van der Waals surface area contributed by atoms with Crippen LogP contribution in [-0.2, 0) is 17.6 Å². The molecule has 128 valence electrons. The number of ether oxygens (including phenoxy) is 1. The van der Waals surface area contributed by atoms with Crippen LogP contribution in [0.15, 0.2) is 18.2 Å². The van der Waals surface area contributed by atoms with Crippen LogP contribution in [0.5, 0.6) is 0 Å². The van der Waals surface area contributed by atoms with Crippen molar-refractivity contribution >= 4 is 5.91 Å². The normalized spacial score (nSPS) is 19.8. The maximum Gasteiger partial charge on any atom is 0.272 e. The minimum absolute atomic E-state index is 0.0507. The summed E-state index contributed by atoms with van der Waals surface area (Å²) in [4.78, 5) is 16.9. The van der Waals surface area contributed by atoms with Gasteiger partial charge in [0.15, 0.2) is 5.69 Å². The van der Waals surface area contributed by atoms with Gasteiger partial charge in [0.25, 0.3) is 5.91 Å². The Morgan fingerprint density at radius 1 is 1.42 bits per heavy atom. The maximum absolute atomic E-state index is 12.4. The molecule has 2 aromatic rings. The average Bonchev–Trinajstić information content (AvgIpc) is 2.95. The molecule has 0 bridgehead atoms. The third-order valence-electron chi connectivity index (χ3n) is 4.29. The van der Waals surface area contributed by atoms with Crippen molar-refractivity contribution in [3.63, 3.8) is 0 Å². The first-order chi connectivity index (χ1) is 11.5. The van der Waals surface area contributed by atoms with Crippen LogP contribution >= 0.6 is 0 Å². The molecule has 1 aliphatic heterocycles. The first-order valence-electron chi connectivity index (χ1n) is 8.48. The zero-order valence-corrected chi connectivity index (χ0v) is 14.4. The van der Waals surface area contributed by atoms with Gasteiger partial charge >= 0.3 is 0 Å². The summed E-state index contributed by atoms with van der Waals surface area (Å²) >= 11 is 0. The number of carbonyl (C=O) groups is 1. The minimum atomic E-state index is -0.119. The molecule has 1 aliphatic rings. The molecule has 0 aliphatic carbocycles. The highest BCUT2D eigenvalue weighted by Crippen LogP contribution is 2.29. The van der Waals surface area contributed by atoms with E-state index in [-0.39, 0.29) is 18.1 Å². The van der Waals surface area contributed by atoms with Crippen LogP contribution in [0, 0.1) is 6.92 Å². The van der Waals surface area contributed by atoms with E-state index in [1.54, 1.807) is 0 Å². The predicted octanol–water partition coefficient (Wildman–Crippen LogP) is 2.50. The third-order valence-corrected chi connectivity index (χ3v) is 4.29. The molecule has 3 rings (SSSR count). The maximum atomic E-state index is 12.4. The Morgan fingerprint density at radius 2 is 2.25 bits per heavy atom. The summed E-state index contributed by atoms with van der Waals surface area (Å²) in [5, 5.41) is 10.1. The van der Waals surface area contributed by atoms with Crippen molar-refractivity contribution in [2.24, 2.45) is 0 Å². The zero-order valence-electron chi connectivity index (χ0n) is 14.4. The van der Waals surface area contributed by atoms with Gasteiger partial charge in [0.2, 0.25) is 0 Å². The van der Waals surface area contributed by atoms with Crippen LogP contribution in [0.2, 0.25) is 0 Å². The highest BCUT2D eigenvalue weighted by atomic mass is 16.5. The molecule has 2 atom stereocenters. The zero-order chi connectivity index (χ0) is 17.1. The smallest absolute Gasteiger partial charge is 0.272 e. The molecule has 3 heterocycles. The van der Waals surface area contributed by atoms with E-state index < -0.39 is 0 Å². The SMILES string of the molecule is Cc1cccc(CCCNC(=O)c2n[nH]c3c2C[C@@H](C)O[C@H]3C)n1. The van der Waals surface area contributed by atoms with Gasteiger partial charge in [-0.15, -0.1) is 0 Å². The van der Waals surface area contributed by atoms with E-state index in [1.807, 2.05) is 39.0 Å². The molecule has 24 heavy (non-hydrogen) atoms. The van der Waals surface area contributed by atoms with Crippen molar-refractivity contribution in [1.82, 2.24) is 20.5 Å². The fourth-order valence-corrected chi connectivity index (χ4v) is 3.16. The largest absolute Gasteiger partial charge is 0.369 e. The van der Waals surface area contributed by atoms with Gasteiger partial charge in [-0.05, 0) is 45.7 Å². The van der Waals surface area contributed by atoms with Crippen LogP contribution in [0.4, 0.5) is 0 Å². The highest BCUT2D eigenvalue weighted by Gasteiger charge is 2.29. The Balaban J connectivity index is 1.54. The first kappa shape index (κ1) is 16.6. The molecule has 0 spiro atoms. The van der Waals surface area contributed by atoms with Crippen molar-refractivity contribution in [1.29, 1.82) is 0 Å². The highest BCUT2D eigenvalue weighted by molar-refractivity contribution is 5.94. The Morgan fingerprint density at radius 3 is 3.04 bits per heavy atom. The van der Waals surface area contributed by atoms with E-state index in [9.17, 15) is 4.79 Å². The van der Waals surface area contributed by atoms with E-state index in [2.05, 4.69) is 20.5 Å². The number of aromatic nitrogens is 3. The van der Waals surface area contributed by atoms with Crippen molar-refractivity contribution in [2.45, 2.75) is 52.2 Å². The lowest BCUT2D eigenvalue weighted by Crippen LogP contribution is -2.28. The van der Waals surface area contributed by atoms with Crippen molar-refractivity contribution in [2.75, 3.05) is 6.54 Å². The van der Waals surface area contributed by atoms with Crippen molar-refractivity contribution < 1.29 is 9.53 Å². The summed E-state index contributed by atoms with van der Waals surface area (Å²) in [5.41, 5.74) is 4.48. The third kappa shape index (κ3) is 3.64. The number of carbonyl (C=O) groups excluding carboxylic acids is 1. The second-order valence-electron chi connectivity index (χ2n) is 6.39. The number of nitrogens with zero attached hydrogens (tertiary/aromatic N) is 2. The molecule has 0 saturated heterocycles. The number of hydrogen-bond acceptors (Lipinski definition) is 4. The molecule has 0 radical (unpaired) electrons. The first-order valence-corrected chi connectivity index (χ1v) is 8.48. The Kier molecular flexibility index (Phi) is 4.94. The van der Waals surface area contributed by atoms with Crippen LogP contribution in [0.3, 0.4) is 0 Å². The number of rotatable bonds is 5. The van der Waals surface area contributed by atoms with Crippen LogP contribution < -0.4 is 5.32 Å². The van der Waals surface area contributed by atoms with Gasteiger partial charge < -0.3 is 10.1 Å². The number of H-pyrrole nitrogens is 1. The number of aromatic amines is 1.